The molecule has 2 atom stereocenters. The molecule has 0 unspecified atom stereocenters. The normalized spacial score (nSPS) is 16.0. The topological polar surface area (TPSA) is 49.4 Å². The first kappa shape index (κ1) is 25.1. The average molecular weight is 527 g/mol. The van der Waals surface area contributed by atoms with E-state index in [9.17, 15) is 9.59 Å². The van der Waals surface area contributed by atoms with Gasteiger partial charge in [0.2, 0.25) is 5.91 Å². The van der Waals surface area contributed by atoms with Crippen LogP contribution in [0.3, 0.4) is 0 Å². The van der Waals surface area contributed by atoms with E-state index in [0.29, 0.717) is 22.9 Å². The number of amides is 2. The smallest absolute Gasteiger partial charge is 0.252 e. The van der Waals surface area contributed by atoms with Gasteiger partial charge in [0, 0.05) is 17.1 Å². The molecule has 0 bridgehead atoms. The first-order valence-electron chi connectivity index (χ1n) is 12.2. The molecule has 4 aromatic carbocycles. The molecule has 1 fully saturated rings. The zero-order chi connectivity index (χ0) is 25.8. The maximum absolute atomic E-state index is 13.3. The summed E-state index contributed by atoms with van der Waals surface area (Å²) >= 11 is 7.62. The molecule has 1 heterocycles. The Hall–Kier alpha value is -3.54. The number of halogens is 1. The highest BCUT2D eigenvalue weighted by atomic mass is 35.5. The molecule has 4 aromatic rings. The Morgan fingerprint density at radius 3 is 2.32 bits per heavy atom. The number of thioether (sulfide) groups is 1. The number of nitrogens with zero attached hydrogens (tertiary/aromatic N) is 1. The highest BCUT2D eigenvalue weighted by Gasteiger charge is 2.33. The van der Waals surface area contributed by atoms with E-state index in [1.165, 1.54) is 0 Å². The minimum absolute atomic E-state index is 0.0932. The molecule has 37 heavy (non-hydrogen) atoms. The summed E-state index contributed by atoms with van der Waals surface area (Å²) in [4.78, 5) is 27.9. The zero-order valence-corrected chi connectivity index (χ0v) is 22.0. The van der Waals surface area contributed by atoms with Crippen molar-refractivity contribution in [3.05, 3.63) is 142 Å². The van der Waals surface area contributed by atoms with Crippen molar-refractivity contribution in [2.75, 3.05) is 5.75 Å². The number of benzene rings is 4. The SMILES string of the molecule is Cc1ccccc1[C@@H](NC(=O)c1ccc([C@@H]2SCC(=O)N2Cc2ccc(Cl)cc2)cc1)c1ccccc1. The number of hydrogen-bond donors (Lipinski definition) is 1. The standard InChI is InChI=1S/C31H27ClN2O2S/c1-21-7-5-6-10-27(21)29(23-8-3-2-4-9-23)33-30(36)24-13-15-25(16-14-24)31-34(28(35)20-37-31)19-22-11-17-26(32)18-12-22/h2-18,29,31H,19-20H2,1H3,(H,33,36)/t29-,31-/m0/s1. The summed E-state index contributed by atoms with van der Waals surface area (Å²) in [7, 11) is 0. The van der Waals surface area contributed by atoms with E-state index in [1.807, 2.05) is 95.9 Å². The lowest BCUT2D eigenvalue weighted by atomic mass is 9.94. The van der Waals surface area contributed by atoms with Gasteiger partial charge in [0.1, 0.15) is 5.37 Å². The molecule has 1 saturated heterocycles. The molecule has 1 aliphatic heterocycles. The number of aryl methyl sites for hydroxylation is 1. The third kappa shape index (κ3) is 5.74. The van der Waals surface area contributed by atoms with Crippen LogP contribution in [0.15, 0.2) is 103 Å². The van der Waals surface area contributed by atoms with Crippen molar-refractivity contribution in [1.82, 2.24) is 10.2 Å². The molecule has 0 saturated carbocycles. The summed E-state index contributed by atoms with van der Waals surface area (Å²) in [5.41, 5.74) is 5.83. The predicted molar refractivity (Wildman–Crippen MR) is 151 cm³/mol. The van der Waals surface area contributed by atoms with Crippen LogP contribution in [0.2, 0.25) is 5.02 Å². The van der Waals surface area contributed by atoms with Gasteiger partial charge in [0.15, 0.2) is 0 Å². The highest BCUT2D eigenvalue weighted by molar-refractivity contribution is 8.00. The predicted octanol–water partition coefficient (Wildman–Crippen LogP) is 6.94. The fourth-order valence-electron chi connectivity index (χ4n) is 4.60. The molecule has 0 aromatic heterocycles. The molecule has 5 rings (SSSR count). The molecule has 0 aliphatic carbocycles. The number of hydrogen-bond acceptors (Lipinski definition) is 3. The molecule has 2 amide bonds. The van der Waals surface area contributed by atoms with Crippen molar-refractivity contribution < 1.29 is 9.59 Å². The van der Waals surface area contributed by atoms with Crippen molar-refractivity contribution >= 4 is 35.2 Å². The molecule has 0 radical (unpaired) electrons. The van der Waals surface area contributed by atoms with Gasteiger partial charge in [-0.25, -0.2) is 0 Å². The van der Waals surface area contributed by atoms with Gasteiger partial charge >= 0.3 is 0 Å². The van der Waals surface area contributed by atoms with E-state index < -0.39 is 0 Å². The van der Waals surface area contributed by atoms with Gasteiger partial charge in [-0.3, -0.25) is 9.59 Å². The average Bonchev–Trinajstić information content (AvgIpc) is 3.29. The fourth-order valence-corrected chi connectivity index (χ4v) is 5.91. The summed E-state index contributed by atoms with van der Waals surface area (Å²) < 4.78 is 0. The molecular formula is C31H27ClN2O2S. The van der Waals surface area contributed by atoms with Gasteiger partial charge < -0.3 is 10.2 Å². The van der Waals surface area contributed by atoms with Crippen molar-refractivity contribution in [3.8, 4) is 0 Å². The first-order chi connectivity index (χ1) is 18.0. The summed E-state index contributed by atoms with van der Waals surface area (Å²) in [5.74, 6) is 0.405. The Balaban J connectivity index is 1.34. The van der Waals surface area contributed by atoms with Crippen molar-refractivity contribution in [3.63, 3.8) is 0 Å². The van der Waals surface area contributed by atoms with Crippen molar-refractivity contribution in [2.45, 2.75) is 24.9 Å². The minimum atomic E-state index is -0.257. The summed E-state index contributed by atoms with van der Waals surface area (Å²) in [6.45, 7) is 2.58. The van der Waals surface area contributed by atoms with Crippen LogP contribution in [0.25, 0.3) is 0 Å². The number of nitrogens with one attached hydrogen (secondary N) is 1. The van der Waals surface area contributed by atoms with Crippen LogP contribution >= 0.6 is 23.4 Å². The minimum Gasteiger partial charge on any atom is -0.341 e. The third-order valence-electron chi connectivity index (χ3n) is 6.60. The van der Waals surface area contributed by atoms with Crippen LogP contribution in [0.5, 0.6) is 0 Å². The third-order valence-corrected chi connectivity index (χ3v) is 8.11. The Morgan fingerprint density at radius 1 is 0.946 bits per heavy atom. The van der Waals surface area contributed by atoms with Crippen LogP contribution in [-0.2, 0) is 11.3 Å². The second-order valence-corrected chi connectivity index (χ2v) is 10.6. The molecule has 1 aliphatic rings. The fraction of sp³-hybridized carbons (Fsp3) is 0.161. The molecule has 4 nitrogen and oxygen atoms in total. The van der Waals surface area contributed by atoms with E-state index >= 15 is 0 Å². The summed E-state index contributed by atoms with van der Waals surface area (Å²) in [6, 6.07) is 33.0. The van der Waals surface area contributed by atoms with Crippen LogP contribution in [0.1, 0.15) is 49.6 Å². The van der Waals surface area contributed by atoms with Crippen molar-refractivity contribution in [1.29, 1.82) is 0 Å². The van der Waals surface area contributed by atoms with E-state index in [-0.39, 0.29) is 23.2 Å². The Kier molecular flexibility index (Phi) is 7.63. The van der Waals surface area contributed by atoms with Crippen LogP contribution in [-0.4, -0.2) is 22.5 Å². The number of carbonyl (C=O) groups is 2. The van der Waals surface area contributed by atoms with Gasteiger partial charge in [-0.15, -0.1) is 11.8 Å². The van der Waals surface area contributed by atoms with Gasteiger partial charge in [-0.2, -0.15) is 0 Å². The van der Waals surface area contributed by atoms with E-state index in [0.717, 1.165) is 27.8 Å². The second kappa shape index (κ2) is 11.2. The van der Waals surface area contributed by atoms with E-state index in [2.05, 4.69) is 24.4 Å². The lowest BCUT2D eigenvalue weighted by Crippen LogP contribution is -2.30. The summed E-state index contributed by atoms with van der Waals surface area (Å²) in [5, 5.41) is 3.81. The Morgan fingerprint density at radius 2 is 1.62 bits per heavy atom. The number of carbonyl (C=O) groups excluding carboxylic acids is 2. The van der Waals surface area contributed by atoms with Gasteiger partial charge in [0.25, 0.3) is 5.91 Å². The van der Waals surface area contributed by atoms with Crippen LogP contribution < -0.4 is 5.32 Å². The first-order valence-corrected chi connectivity index (χ1v) is 13.6. The van der Waals surface area contributed by atoms with E-state index in [4.69, 9.17) is 11.6 Å². The summed E-state index contributed by atoms with van der Waals surface area (Å²) in [6.07, 6.45) is 0. The Labute approximate surface area is 226 Å². The Bertz CT molecular complexity index is 1390. The lowest BCUT2D eigenvalue weighted by Gasteiger charge is -2.25. The monoisotopic (exact) mass is 526 g/mol. The maximum Gasteiger partial charge on any atom is 0.252 e. The maximum atomic E-state index is 13.3. The van der Waals surface area contributed by atoms with E-state index in [1.54, 1.807) is 11.8 Å². The quantitative estimate of drug-likeness (QED) is 0.284. The highest BCUT2D eigenvalue weighted by Crippen LogP contribution is 2.39. The largest absolute Gasteiger partial charge is 0.341 e. The lowest BCUT2D eigenvalue weighted by molar-refractivity contribution is -0.128. The molecule has 186 valence electrons. The van der Waals surface area contributed by atoms with Gasteiger partial charge in [0.05, 0.1) is 11.8 Å². The zero-order valence-electron chi connectivity index (χ0n) is 20.4. The van der Waals surface area contributed by atoms with Gasteiger partial charge in [-0.05, 0) is 59.0 Å². The number of rotatable bonds is 7. The molecule has 6 heteroatoms. The van der Waals surface area contributed by atoms with Gasteiger partial charge in [-0.1, -0.05) is 90.5 Å². The van der Waals surface area contributed by atoms with Crippen molar-refractivity contribution in [2.24, 2.45) is 0 Å². The molecule has 1 N–H and O–H groups in total. The molecule has 0 spiro atoms. The second-order valence-electron chi connectivity index (χ2n) is 9.11. The van der Waals surface area contributed by atoms with Crippen LogP contribution in [0, 0.1) is 6.92 Å². The van der Waals surface area contributed by atoms with Crippen LogP contribution in [0.4, 0.5) is 0 Å². The molecular weight excluding hydrogens is 500 g/mol.